The van der Waals surface area contributed by atoms with Gasteiger partial charge in [0.1, 0.15) is 5.78 Å². The number of halogens is 1. The van der Waals surface area contributed by atoms with Crippen LogP contribution in [0.5, 0.6) is 0 Å². The molecule has 12 heavy (non-hydrogen) atoms. The number of rotatable bonds is 0. The highest BCUT2D eigenvalue weighted by Gasteiger charge is 2.51. The molecule has 0 amide bonds. The lowest BCUT2D eigenvalue weighted by molar-refractivity contribution is -0.120. The summed E-state index contributed by atoms with van der Waals surface area (Å²) in [4.78, 5) is 11.7. The largest absolute Gasteiger partial charge is 0.298 e. The van der Waals surface area contributed by atoms with Crippen LogP contribution in [0, 0.1) is 11.8 Å². The van der Waals surface area contributed by atoms with Crippen molar-refractivity contribution in [2.45, 2.75) is 30.5 Å². The van der Waals surface area contributed by atoms with Gasteiger partial charge >= 0.3 is 0 Å². The zero-order valence-electron chi connectivity index (χ0n) is 7.22. The minimum Gasteiger partial charge on any atom is -0.298 e. The van der Waals surface area contributed by atoms with E-state index in [0.717, 1.165) is 19.3 Å². The van der Waals surface area contributed by atoms with Gasteiger partial charge < -0.3 is 0 Å². The molecule has 0 saturated heterocycles. The zero-order valence-corrected chi connectivity index (χ0v) is 8.80. The van der Waals surface area contributed by atoms with E-state index in [-0.39, 0.29) is 4.32 Å². The van der Waals surface area contributed by atoms with Crippen LogP contribution in [0.2, 0.25) is 0 Å². The third kappa shape index (κ3) is 0.936. The van der Waals surface area contributed by atoms with Crippen molar-refractivity contribution < 1.29 is 4.79 Å². The molecule has 1 fully saturated rings. The Bertz CT molecular complexity index is 246. The summed E-state index contributed by atoms with van der Waals surface area (Å²) in [5.41, 5.74) is 0. The maximum Gasteiger partial charge on any atom is 0.150 e. The van der Waals surface area contributed by atoms with E-state index in [9.17, 15) is 4.79 Å². The Balaban J connectivity index is 2.38. The Morgan fingerprint density at radius 3 is 3.08 bits per heavy atom. The van der Waals surface area contributed by atoms with Crippen LogP contribution < -0.4 is 0 Å². The van der Waals surface area contributed by atoms with E-state index in [2.05, 4.69) is 35.0 Å². The summed E-state index contributed by atoms with van der Waals surface area (Å²) in [5.74, 6) is 1.32. The minimum atomic E-state index is -0.207. The Hall–Kier alpha value is -0.110. The third-order valence-electron chi connectivity index (χ3n) is 3.25. The quantitative estimate of drug-likeness (QED) is 0.461. The lowest BCUT2D eigenvalue weighted by Crippen LogP contribution is -2.41. The first kappa shape index (κ1) is 8.49. The van der Waals surface area contributed by atoms with Gasteiger partial charge in [0.25, 0.3) is 0 Å². The molecule has 2 heteroatoms. The topological polar surface area (TPSA) is 17.1 Å². The Morgan fingerprint density at radius 1 is 1.67 bits per heavy atom. The van der Waals surface area contributed by atoms with Gasteiger partial charge in [-0.2, -0.15) is 0 Å². The first-order chi connectivity index (χ1) is 5.65. The average Bonchev–Trinajstić information content (AvgIpc) is 2.33. The maximum absolute atomic E-state index is 11.7. The fourth-order valence-electron chi connectivity index (χ4n) is 2.44. The van der Waals surface area contributed by atoms with Gasteiger partial charge in [0.15, 0.2) is 0 Å². The summed E-state index contributed by atoms with van der Waals surface area (Å²) in [7, 11) is 0. The summed E-state index contributed by atoms with van der Waals surface area (Å²) in [6.45, 7) is 2.13. The van der Waals surface area contributed by atoms with Crippen LogP contribution in [0.25, 0.3) is 0 Å². The molecule has 0 bridgehead atoms. The monoisotopic (exact) mass is 228 g/mol. The number of hydrogen-bond acceptors (Lipinski definition) is 1. The smallest absolute Gasteiger partial charge is 0.150 e. The van der Waals surface area contributed by atoms with Crippen molar-refractivity contribution in [1.82, 2.24) is 0 Å². The molecule has 0 aromatic carbocycles. The molecule has 0 aliphatic heterocycles. The van der Waals surface area contributed by atoms with E-state index in [1.165, 1.54) is 0 Å². The SMILES string of the molecule is C[C@H]1C=CC[C@H]2CCC(=O)[C@]21Br. The van der Waals surface area contributed by atoms with Gasteiger partial charge in [0.2, 0.25) is 0 Å². The standard InChI is InChI=1S/C10H13BrO/c1-7-3-2-4-8-5-6-9(12)10(7,8)11/h2-3,7-8H,4-6H2,1H3/t7-,8-,10+/m0/s1. The molecule has 2 aliphatic carbocycles. The van der Waals surface area contributed by atoms with Gasteiger partial charge in [-0.15, -0.1) is 0 Å². The summed E-state index contributed by atoms with van der Waals surface area (Å²) in [6, 6.07) is 0. The molecule has 1 nitrogen and oxygen atoms in total. The predicted molar refractivity (Wildman–Crippen MR) is 52.3 cm³/mol. The number of carbonyl (C=O) groups excluding carboxylic acids is 1. The van der Waals surface area contributed by atoms with Crippen molar-refractivity contribution in [3.8, 4) is 0 Å². The van der Waals surface area contributed by atoms with Crippen molar-refractivity contribution in [2.24, 2.45) is 11.8 Å². The molecular formula is C10H13BrO. The summed E-state index contributed by atoms with van der Waals surface area (Å²) >= 11 is 3.65. The van der Waals surface area contributed by atoms with E-state index >= 15 is 0 Å². The Labute approximate surface area is 81.4 Å². The van der Waals surface area contributed by atoms with Crippen molar-refractivity contribution in [1.29, 1.82) is 0 Å². The van der Waals surface area contributed by atoms with Gasteiger partial charge in [0.05, 0.1) is 4.32 Å². The average molecular weight is 229 g/mol. The second-order valence-electron chi connectivity index (χ2n) is 3.88. The number of ketones is 1. The highest BCUT2D eigenvalue weighted by atomic mass is 79.9. The van der Waals surface area contributed by atoms with E-state index in [1.54, 1.807) is 0 Å². The molecular weight excluding hydrogens is 216 g/mol. The fourth-order valence-corrected chi connectivity index (χ4v) is 3.20. The second-order valence-corrected chi connectivity index (χ2v) is 5.19. The third-order valence-corrected chi connectivity index (χ3v) is 5.06. The van der Waals surface area contributed by atoms with Crippen molar-refractivity contribution in [2.75, 3.05) is 0 Å². The van der Waals surface area contributed by atoms with Crippen LogP contribution in [0.15, 0.2) is 12.2 Å². The first-order valence-electron chi connectivity index (χ1n) is 4.54. The van der Waals surface area contributed by atoms with Gasteiger partial charge in [-0.05, 0) is 24.7 Å². The van der Waals surface area contributed by atoms with Crippen LogP contribution in [-0.2, 0) is 4.79 Å². The van der Waals surface area contributed by atoms with Crippen molar-refractivity contribution >= 4 is 21.7 Å². The van der Waals surface area contributed by atoms with Gasteiger partial charge in [-0.25, -0.2) is 0 Å². The highest BCUT2D eigenvalue weighted by molar-refractivity contribution is 9.10. The molecule has 3 atom stereocenters. The lowest BCUT2D eigenvalue weighted by atomic mass is 9.78. The summed E-state index contributed by atoms with van der Waals surface area (Å²) < 4.78 is -0.207. The molecule has 0 spiro atoms. The number of Topliss-reactive ketones (excluding diaryl/α,β-unsaturated/α-hetero) is 1. The number of alkyl halides is 1. The molecule has 0 radical (unpaired) electrons. The molecule has 0 aromatic rings. The Morgan fingerprint density at radius 2 is 2.42 bits per heavy atom. The molecule has 0 heterocycles. The molecule has 0 aromatic heterocycles. The maximum atomic E-state index is 11.7. The van der Waals surface area contributed by atoms with Crippen LogP contribution in [0.1, 0.15) is 26.2 Å². The van der Waals surface area contributed by atoms with Crippen LogP contribution >= 0.6 is 15.9 Å². The number of carbonyl (C=O) groups is 1. The van der Waals surface area contributed by atoms with Crippen LogP contribution in [-0.4, -0.2) is 10.1 Å². The molecule has 2 rings (SSSR count). The summed E-state index contributed by atoms with van der Waals surface area (Å²) in [6.07, 6.45) is 7.28. The normalized spacial score (nSPS) is 46.3. The van der Waals surface area contributed by atoms with Crippen LogP contribution in [0.3, 0.4) is 0 Å². The number of allylic oxidation sites excluding steroid dienone is 2. The summed E-state index contributed by atoms with van der Waals surface area (Å²) in [5, 5.41) is 0. The van der Waals surface area contributed by atoms with Gasteiger partial charge in [0, 0.05) is 6.42 Å². The van der Waals surface area contributed by atoms with E-state index < -0.39 is 0 Å². The predicted octanol–water partition coefficient (Wildman–Crippen LogP) is 2.70. The molecule has 0 N–H and O–H groups in total. The Kier molecular flexibility index (Phi) is 1.90. The highest BCUT2D eigenvalue weighted by Crippen LogP contribution is 2.49. The zero-order chi connectivity index (χ0) is 8.77. The van der Waals surface area contributed by atoms with Crippen molar-refractivity contribution in [3.05, 3.63) is 12.2 Å². The molecule has 66 valence electrons. The van der Waals surface area contributed by atoms with Gasteiger partial charge in [-0.1, -0.05) is 35.0 Å². The minimum absolute atomic E-state index is 0.207. The number of fused-ring (bicyclic) bond motifs is 1. The first-order valence-corrected chi connectivity index (χ1v) is 5.34. The van der Waals surface area contributed by atoms with E-state index in [1.807, 2.05) is 0 Å². The van der Waals surface area contributed by atoms with E-state index in [4.69, 9.17) is 0 Å². The van der Waals surface area contributed by atoms with Crippen molar-refractivity contribution in [3.63, 3.8) is 0 Å². The van der Waals surface area contributed by atoms with Crippen LogP contribution in [0.4, 0.5) is 0 Å². The van der Waals surface area contributed by atoms with E-state index in [0.29, 0.717) is 17.6 Å². The molecule has 0 unspecified atom stereocenters. The molecule has 2 aliphatic rings. The second kappa shape index (κ2) is 2.69. The molecule has 1 saturated carbocycles. The van der Waals surface area contributed by atoms with Gasteiger partial charge in [-0.3, -0.25) is 4.79 Å². The fraction of sp³-hybridized carbons (Fsp3) is 0.700. The lowest BCUT2D eigenvalue weighted by Gasteiger charge is -2.35. The number of hydrogen-bond donors (Lipinski definition) is 0.